The Hall–Kier alpha value is -3.89. The Balaban J connectivity index is 1.42. The van der Waals surface area contributed by atoms with Crippen LogP contribution in [0.2, 0.25) is 10.0 Å². The number of fused-ring (bicyclic) bond motifs is 1. The van der Waals surface area contributed by atoms with E-state index in [0.717, 1.165) is 22.8 Å². The Morgan fingerprint density at radius 2 is 1.74 bits per heavy atom. The molecule has 2 aromatic carbocycles. The predicted molar refractivity (Wildman–Crippen MR) is 139 cm³/mol. The van der Waals surface area contributed by atoms with Gasteiger partial charge in [-0.1, -0.05) is 41.4 Å². The summed E-state index contributed by atoms with van der Waals surface area (Å²) in [7, 11) is 0. The first-order valence-corrected chi connectivity index (χ1v) is 12.1. The zero-order valence-electron chi connectivity index (χ0n) is 20.0. The van der Waals surface area contributed by atoms with Crippen molar-refractivity contribution in [3.63, 3.8) is 0 Å². The van der Waals surface area contributed by atoms with E-state index in [9.17, 15) is 18.0 Å². The average molecular weight is 559 g/mol. The lowest BCUT2D eigenvalue weighted by Crippen LogP contribution is -2.16. The van der Waals surface area contributed by atoms with Crippen LogP contribution in [0.5, 0.6) is 0 Å². The zero-order valence-corrected chi connectivity index (χ0v) is 21.5. The second-order valence-electron chi connectivity index (χ2n) is 8.72. The third kappa shape index (κ3) is 5.23. The number of carbonyl (C=O) groups excluding carboxylic acids is 1. The molecule has 12 heteroatoms. The summed E-state index contributed by atoms with van der Waals surface area (Å²) in [6.45, 7) is 4.14. The maximum absolute atomic E-state index is 13.9. The minimum absolute atomic E-state index is 0.108. The molecule has 38 heavy (non-hydrogen) atoms. The summed E-state index contributed by atoms with van der Waals surface area (Å²) in [5.41, 5.74) is 2.04. The Labute approximate surface area is 224 Å². The maximum Gasteiger partial charge on any atom is 0.433 e. The fourth-order valence-electron chi connectivity index (χ4n) is 3.86. The number of hydrogen-bond donors (Lipinski definition) is 1. The molecule has 3 aromatic heterocycles. The molecule has 0 radical (unpaired) electrons. The Bertz CT molecular complexity index is 1690. The van der Waals surface area contributed by atoms with Crippen molar-refractivity contribution in [3.05, 3.63) is 98.9 Å². The van der Waals surface area contributed by atoms with Crippen molar-refractivity contribution in [1.29, 1.82) is 0 Å². The van der Waals surface area contributed by atoms with E-state index in [1.54, 1.807) is 47.3 Å². The molecule has 0 saturated carbocycles. The van der Waals surface area contributed by atoms with Crippen LogP contribution in [-0.4, -0.2) is 30.3 Å². The van der Waals surface area contributed by atoms with Crippen molar-refractivity contribution in [3.8, 4) is 11.3 Å². The highest BCUT2D eigenvalue weighted by Crippen LogP contribution is 2.33. The van der Waals surface area contributed by atoms with E-state index in [2.05, 4.69) is 20.5 Å². The number of hydrogen-bond acceptors (Lipinski definition) is 4. The lowest BCUT2D eigenvalue weighted by atomic mass is 10.0. The highest BCUT2D eigenvalue weighted by atomic mass is 35.5. The number of nitrogens with one attached hydrogen (secondary N) is 1. The van der Waals surface area contributed by atoms with Gasteiger partial charge in [0.2, 0.25) is 0 Å². The van der Waals surface area contributed by atoms with Gasteiger partial charge >= 0.3 is 6.18 Å². The molecule has 1 amide bonds. The molecule has 0 unspecified atom stereocenters. The number of alkyl halides is 3. The van der Waals surface area contributed by atoms with E-state index in [4.69, 9.17) is 23.2 Å². The van der Waals surface area contributed by atoms with Gasteiger partial charge in [0.15, 0.2) is 22.9 Å². The molecule has 1 N–H and O–H groups in total. The molecule has 5 rings (SSSR count). The number of halogens is 5. The molecular formula is C26H19Cl2F3N6O. The van der Waals surface area contributed by atoms with Crippen molar-refractivity contribution in [2.45, 2.75) is 26.6 Å². The number of carbonyl (C=O) groups is 1. The minimum atomic E-state index is -4.72. The number of aryl methyl sites for hydroxylation is 2. The monoisotopic (exact) mass is 558 g/mol. The van der Waals surface area contributed by atoms with Gasteiger partial charge in [0.05, 0.1) is 22.3 Å². The number of rotatable bonds is 5. The molecule has 0 spiro atoms. The van der Waals surface area contributed by atoms with Crippen LogP contribution in [-0.2, 0) is 12.7 Å². The van der Waals surface area contributed by atoms with Crippen molar-refractivity contribution < 1.29 is 18.0 Å². The highest BCUT2D eigenvalue weighted by Gasteiger charge is 2.35. The van der Waals surface area contributed by atoms with Gasteiger partial charge in [0, 0.05) is 23.9 Å². The molecule has 0 fully saturated rings. The van der Waals surface area contributed by atoms with Crippen molar-refractivity contribution in [2.75, 3.05) is 5.32 Å². The third-order valence-electron chi connectivity index (χ3n) is 5.96. The van der Waals surface area contributed by atoms with E-state index in [-0.39, 0.29) is 22.9 Å². The molecule has 7 nitrogen and oxygen atoms in total. The van der Waals surface area contributed by atoms with Gasteiger partial charge in [-0.15, -0.1) is 0 Å². The van der Waals surface area contributed by atoms with E-state index in [1.807, 2.05) is 19.9 Å². The van der Waals surface area contributed by atoms with Crippen LogP contribution in [0.3, 0.4) is 0 Å². The van der Waals surface area contributed by atoms with Crippen LogP contribution in [0.25, 0.3) is 16.9 Å². The molecule has 0 atom stereocenters. The molecular weight excluding hydrogens is 540 g/mol. The second kappa shape index (κ2) is 9.77. The molecule has 3 heterocycles. The van der Waals surface area contributed by atoms with E-state index in [1.165, 1.54) is 6.07 Å². The van der Waals surface area contributed by atoms with Crippen LogP contribution in [0.4, 0.5) is 19.0 Å². The van der Waals surface area contributed by atoms with Crippen LogP contribution in [0.15, 0.2) is 60.8 Å². The molecule has 0 saturated heterocycles. The first kappa shape index (κ1) is 25.7. The summed E-state index contributed by atoms with van der Waals surface area (Å²) in [5, 5.41) is 11.6. The van der Waals surface area contributed by atoms with Gasteiger partial charge in [0.25, 0.3) is 5.91 Å². The third-order valence-corrected chi connectivity index (χ3v) is 6.70. The van der Waals surface area contributed by atoms with Gasteiger partial charge in [-0.25, -0.2) is 9.50 Å². The minimum Gasteiger partial charge on any atom is -0.304 e. The Kier molecular flexibility index (Phi) is 6.62. The summed E-state index contributed by atoms with van der Waals surface area (Å²) in [5.74, 6) is -0.525. The fourth-order valence-corrected chi connectivity index (χ4v) is 4.18. The van der Waals surface area contributed by atoms with E-state index >= 15 is 0 Å². The van der Waals surface area contributed by atoms with Gasteiger partial charge in [-0.3, -0.25) is 9.48 Å². The summed E-state index contributed by atoms with van der Waals surface area (Å²) < 4.78 is 44.0. The smallest absolute Gasteiger partial charge is 0.304 e. The van der Waals surface area contributed by atoms with Crippen molar-refractivity contribution in [1.82, 2.24) is 24.4 Å². The van der Waals surface area contributed by atoms with Gasteiger partial charge < -0.3 is 5.32 Å². The highest BCUT2D eigenvalue weighted by molar-refractivity contribution is 6.42. The lowest BCUT2D eigenvalue weighted by molar-refractivity contribution is -0.142. The molecule has 0 aliphatic carbocycles. The normalized spacial score (nSPS) is 11.8. The fraction of sp³-hybridized carbons (Fsp3) is 0.154. The summed E-state index contributed by atoms with van der Waals surface area (Å²) in [6.07, 6.45) is -3.08. The Morgan fingerprint density at radius 3 is 2.45 bits per heavy atom. The largest absolute Gasteiger partial charge is 0.433 e. The van der Waals surface area contributed by atoms with Crippen LogP contribution < -0.4 is 5.32 Å². The van der Waals surface area contributed by atoms with Crippen LogP contribution in [0.1, 0.15) is 32.9 Å². The molecule has 0 aliphatic rings. The molecule has 194 valence electrons. The second-order valence-corrected chi connectivity index (χ2v) is 9.54. The SMILES string of the molecule is Cc1ccc(-c2cc(C(F)(F)F)n3nc(C(=O)Nc4ccn(Cc5ccc(Cl)c(Cl)c5)n4)cc3n2)cc1C. The number of nitrogens with zero attached hydrogens (tertiary/aromatic N) is 5. The van der Waals surface area contributed by atoms with Gasteiger partial charge in [-0.2, -0.15) is 23.4 Å². The van der Waals surface area contributed by atoms with Crippen LogP contribution in [0, 0.1) is 13.8 Å². The lowest BCUT2D eigenvalue weighted by Gasteiger charge is -2.11. The Morgan fingerprint density at radius 1 is 0.947 bits per heavy atom. The summed E-state index contributed by atoms with van der Waals surface area (Å²) >= 11 is 12.0. The molecule has 0 aliphatic heterocycles. The van der Waals surface area contributed by atoms with Crippen LogP contribution >= 0.6 is 23.2 Å². The number of aromatic nitrogens is 5. The predicted octanol–water partition coefficient (Wildman–Crippen LogP) is 6.84. The van der Waals surface area contributed by atoms with E-state index in [0.29, 0.717) is 26.7 Å². The van der Waals surface area contributed by atoms with Crippen molar-refractivity contribution in [2.24, 2.45) is 0 Å². The number of benzene rings is 2. The molecule has 0 bridgehead atoms. The topological polar surface area (TPSA) is 77.1 Å². The first-order chi connectivity index (χ1) is 18.0. The summed E-state index contributed by atoms with van der Waals surface area (Å²) in [6, 6.07) is 14.2. The first-order valence-electron chi connectivity index (χ1n) is 11.3. The average Bonchev–Trinajstić information content (AvgIpc) is 3.48. The maximum atomic E-state index is 13.9. The number of amides is 1. The summed E-state index contributed by atoms with van der Waals surface area (Å²) in [4.78, 5) is 17.2. The zero-order chi connectivity index (χ0) is 27.2. The van der Waals surface area contributed by atoms with E-state index < -0.39 is 17.8 Å². The van der Waals surface area contributed by atoms with Gasteiger partial charge in [-0.05, 0) is 54.8 Å². The van der Waals surface area contributed by atoms with Gasteiger partial charge in [0.1, 0.15) is 0 Å². The quantitative estimate of drug-likeness (QED) is 0.256. The van der Waals surface area contributed by atoms with Crippen molar-refractivity contribution >= 4 is 40.6 Å². The number of anilines is 1. The standard InChI is InChI=1S/C26H19Cl2F3N6O/c1-14-3-5-17(9-15(14)2)20-11-22(26(29,30)31)37-24(32-20)12-21(34-37)25(38)33-23-7-8-36(35-23)13-16-4-6-18(27)19(28)10-16/h3-12H,13H2,1-2H3,(H,33,35,38). The molecule has 5 aromatic rings.